The maximum Gasteiger partial charge on any atom is 0.215 e. The largest absolute Gasteiger partial charge is 0.318 e. The molecule has 0 aromatic rings. The van der Waals surface area contributed by atoms with Gasteiger partial charge in [0.1, 0.15) is 0 Å². The Morgan fingerprint density at radius 3 is 2.29 bits per heavy atom. The van der Waals surface area contributed by atoms with E-state index in [9.17, 15) is 8.42 Å². The van der Waals surface area contributed by atoms with Gasteiger partial charge < -0.3 is 5.32 Å². The third kappa shape index (κ3) is 7.01. The van der Waals surface area contributed by atoms with Crippen molar-refractivity contribution in [3.05, 3.63) is 0 Å². The van der Waals surface area contributed by atoms with Crippen LogP contribution in [0.4, 0.5) is 0 Å². The summed E-state index contributed by atoms with van der Waals surface area (Å²) in [6, 6.07) is 0. The van der Waals surface area contributed by atoms with Crippen molar-refractivity contribution < 1.29 is 8.42 Å². The van der Waals surface area contributed by atoms with Crippen molar-refractivity contribution in [1.29, 1.82) is 0 Å². The topological polar surface area (TPSA) is 58.2 Å². The van der Waals surface area contributed by atoms with Gasteiger partial charge in [-0.25, -0.2) is 13.1 Å². The first kappa shape index (κ1) is 16.9. The fourth-order valence-electron chi connectivity index (χ4n) is 1.72. The molecule has 0 aliphatic carbocycles. The van der Waals surface area contributed by atoms with E-state index in [1.54, 1.807) is 14.0 Å². The summed E-state index contributed by atoms with van der Waals surface area (Å²) in [4.78, 5) is 0. The summed E-state index contributed by atoms with van der Waals surface area (Å²) >= 11 is 0. The van der Waals surface area contributed by atoms with Crippen LogP contribution in [0.15, 0.2) is 0 Å². The molecule has 0 aliphatic rings. The van der Waals surface area contributed by atoms with Crippen LogP contribution in [0.1, 0.15) is 46.5 Å². The Bertz CT molecular complexity index is 278. The SMILES string of the molecule is CCCCC(CC)CNS(=O)(=O)C(C)CNC. The van der Waals surface area contributed by atoms with E-state index in [1.807, 2.05) is 0 Å². The minimum Gasteiger partial charge on any atom is -0.318 e. The molecule has 0 rings (SSSR count). The van der Waals surface area contributed by atoms with Crippen LogP contribution in [0.2, 0.25) is 0 Å². The van der Waals surface area contributed by atoms with Crippen LogP contribution in [0, 0.1) is 5.92 Å². The average molecular weight is 264 g/mol. The summed E-state index contributed by atoms with van der Waals surface area (Å²) in [5, 5.41) is 2.51. The average Bonchev–Trinajstić information content (AvgIpc) is 2.29. The van der Waals surface area contributed by atoms with E-state index >= 15 is 0 Å². The Hall–Kier alpha value is -0.130. The Labute approximate surface area is 107 Å². The monoisotopic (exact) mass is 264 g/mol. The standard InChI is InChI=1S/C12H28N2O2S/c1-5-7-8-12(6-2)10-14-17(15,16)11(3)9-13-4/h11-14H,5-10H2,1-4H3. The van der Waals surface area contributed by atoms with E-state index in [0.717, 1.165) is 12.8 Å². The molecule has 0 fully saturated rings. The molecule has 0 aliphatic heterocycles. The van der Waals surface area contributed by atoms with Crippen molar-refractivity contribution in [2.45, 2.75) is 51.7 Å². The summed E-state index contributed by atoms with van der Waals surface area (Å²) in [5.74, 6) is 0.464. The van der Waals surface area contributed by atoms with Gasteiger partial charge in [-0.3, -0.25) is 0 Å². The summed E-state index contributed by atoms with van der Waals surface area (Å²) in [6.45, 7) is 7.07. The van der Waals surface area contributed by atoms with E-state index in [4.69, 9.17) is 0 Å². The van der Waals surface area contributed by atoms with Crippen molar-refractivity contribution in [2.24, 2.45) is 5.92 Å². The molecule has 0 bridgehead atoms. The zero-order valence-corrected chi connectivity index (χ0v) is 12.4. The first-order chi connectivity index (χ1) is 7.97. The molecule has 2 unspecified atom stereocenters. The first-order valence-electron chi connectivity index (χ1n) is 6.60. The normalized spacial score (nSPS) is 15.8. The third-order valence-electron chi connectivity index (χ3n) is 3.14. The molecule has 4 nitrogen and oxygen atoms in total. The van der Waals surface area contributed by atoms with E-state index in [2.05, 4.69) is 23.9 Å². The van der Waals surface area contributed by atoms with Gasteiger partial charge in [0, 0.05) is 13.1 Å². The van der Waals surface area contributed by atoms with Gasteiger partial charge in [-0.15, -0.1) is 0 Å². The zero-order chi connectivity index (χ0) is 13.3. The molecule has 0 amide bonds. The smallest absolute Gasteiger partial charge is 0.215 e. The van der Waals surface area contributed by atoms with Gasteiger partial charge >= 0.3 is 0 Å². The van der Waals surface area contributed by atoms with Gasteiger partial charge in [-0.1, -0.05) is 33.1 Å². The van der Waals surface area contributed by atoms with Gasteiger partial charge in [0.25, 0.3) is 0 Å². The van der Waals surface area contributed by atoms with Gasteiger partial charge in [0.2, 0.25) is 10.0 Å². The lowest BCUT2D eigenvalue weighted by Crippen LogP contribution is -2.40. The lowest BCUT2D eigenvalue weighted by atomic mass is 10.00. The highest BCUT2D eigenvalue weighted by atomic mass is 32.2. The van der Waals surface area contributed by atoms with E-state index < -0.39 is 10.0 Å². The Balaban J connectivity index is 4.14. The van der Waals surface area contributed by atoms with Crippen LogP contribution in [0.5, 0.6) is 0 Å². The van der Waals surface area contributed by atoms with E-state index in [0.29, 0.717) is 19.0 Å². The number of hydrogen-bond acceptors (Lipinski definition) is 3. The van der Waals surface area contributed by atoms with Gasteiger partial charge in [0.15, 0.2) is 0 Å². The van der Waals surface area contributed by atoms with Crippen molar-refractivity contribution in [3.8, 4) is 0 Å². The quantitative estimate of drug-likeness (QED) is 0.632. The highest BCUT2D eigenvalue weighted by Crippen LogP contribution is 2.12. The zero-order valence-electron chi connectivity index (χ0n) is 11.6. The van der Waals surface area contributed by atoms with Gasteiger partial charge in [0.05, 0.1) is 5.25 Å². The Morgan fingerprint density at radius 1 is 1.18 bits per heavy atom. The highest BCUT2D eigenvalue weighted by Gasteiger charge is 2.20. The molecule has 2 atom stereocenters. The Kier molecular flexibility index (Phi) is 8.82. The van der Waals surface area contributed by atoms with Crippen molar-refractivity contribution in [2.75, 3.05) is 20.1 Å². The van der Waals surface area contributed by atoms with E-state index in [-0.39, 0.29) is 5.25 Å². The molecule has 0 heterocycles. The first-order valence-corrected chi connectivity index (χ1v) is 8.15. The van der Waals surface area contributed by atoms with Crippen LogP contribution in [0.3, 0.4) is 0 Å². The number of sulfonamides is 1. The lowest BCUT2D eigenvalue weighted by molar-refractivity contribution is 0.442. The number of rotatable bonds is 10. The third-order valence-corrected chi connectivity index (χ3v) is 4.93. The van der Waals surface area contributed by atoms with Crippen LogP contribution >= 0.6 is 0 Å². The number of unbranched alkanes of at least 4 members (excludes halogenated alkanes) is 1. The molecule has 0 saturated heterocycles. The molecular weight excluding hydrogens is 236 g/mol. The van der Waals surface area contributed by atoms with Crippen molar-refractivity contribution in [1.82, 2.24) is 10.0 Å². The molecule has 5 heteroatoms. The second-order valence-electron chi connectivity index (χ2n) is 4.68. The molecule has 0 spiro atoms. The summed E-state index contributed by atoms with van der Waals surface area (Å²) in [7, 11) is -1.40. The maximum absolute atomic E-state index is 11.9. The minimum absolute atomic E-state index is 0.379. The van der Waals surface area contributed by atoms with Crippen molar-refractivity contribution in [3.63, 3.8) is 0 Å². The fraction of sp³-hybridized carbons (Fsp3) is 1.00. The molecule has 0 saturated carbocycles. The molecule has 0 aromatic heterocycles. The molecule has 2 N–H and O–H groups in total. The summed E-state index contributed by atoms with van der Waals surface area (Å²) < 4.78 is 26.5. The molecule has 0 aromatic carbocycles. The highest BCUT2D eigenvalue weighted by molar-refractivity contribution is 7.90. The minimum atomic E-state index is -3.17. The molecule has 0 radical (unpaired) electrons. The van der Waals surface area contributed by atoms with Crippen LogP contribution in [-0.2, 0) is 10.0 Å². The van der Waals surface area contributed by atoms with Crippen LogP contribution in [-0.4, -0.2) is 33.8 Å². The Morgan fingerprint density at radius 2 is 1.82 bits per heavy atom. The molecular formula is C12H28N2O2S. The summed E-state index contributed by atoms with van der Waals surface area (Å²) in [5.41, 5.74) is 0. The molecule has 104 valence electrons. The van der Waals surface area contributed by atoms with Crippen molar-refractivity contribution >= 4 is 10.0 Å². The fourth-order valence-corrected chi connectivity index (χ4v) is 2.86. The van der Waals surface area contributed by atoms with Gasteiger partial charge in [-0.05, 0) is 26.3 Å². The number of hydrogen-bond donors (Lipinski definition) is 2. The van der Waals surface area contributed by atoms with Crippen LogP contribution in [0.25, 0.3) is 0 Å². The maximum atomic E-state index is 11.9. The van der Waals surface area contributed by atoms with Gasteiger partial charge in [-0.2, -0.15) is 0 Å². The van der Waals surface area contributed by atoms with E-state index in [1.165, 1.54) is 12.8 Å². The predicted octanol–water partition coefficient (Wildman–Crippen LogP) is 1.73. The molecule has 17 heavy (non-hydrogen) atoms. The second-order valence-corrected chi connectivity index (χ2v) is 6.86. The second kappa shape index (κ2) is 8.89. The van der Waals surface area contributed by atoms with Crippen LogP contribution < -0.4 is 10.0 Å². The lowest BCUT2D eigenvalue weighted by Gasteiger charge is -2.18. The number of nitrogens with one attached hydrogen (secondary N) is 2. The summed E-state index contributed by atoms with van der Waals surface area (Å²) in [6.07, 6.45) is 4.48. The predicted molar refractivity (Wildman–Crippen MR) is 73.6 cm³/mol.